The SMILES string of the molecule is C[C@]1([C@H]2CC[C@H]3[C@@H](CC[C@@]3(O)c3ccccn3)[C@@H]2CN)CC[C@H](O)C[C@@H]1CO. The maximum absolute atomic E-state index is 11.6. The molecule has 1 heterocycles. The number of aliphatic hydroxyl groups excluding tert-OH is 2. The molecule has 0 saturated heterocycles. The Kier molecular flexibility index (Phi) is 5.56. The van der Waals surface area contributed by atoms with Crippen molar-refractivity contribution in [2.24, 2.45) is 40.7 Å². The third kappa shape index (κ3) is 3.11. The fraction of sp³-hybridized carbons (Fsp3) is 0.783. The molecule has 3 aliphatic carbocycles. The Bertz CT molecular complexity index is 671. The number of hydrogen-bond donors (Lipinski definition) is 4. The van der Waals surface area contributed by atoms with Crippen LogP contribution in [0.2, 0.25) is 0 Å². The van der Waals surface area contributed by atoms with E-state index < -0.39 is 5.60 Å². The molecule has 3 aliphatic rings. The van der Waals surface area contributed by atoms with Crippen LogP contribution in [0.4, 0.5) is 0 Å². The van der Waals surface area contributed by atoms with Gasteiger partial charge in [-0.05, 0) is 98.6 Å². The van der Waals surface area contributed by atoms with E-state index in [-0.39, 0.29) is 30.0 Å². The maximum atomic E-state index is 11.6. The minimum Gasteiger partial charge on any atom is -0.396 e. The van der Waals surface area contributed by atoms with Crippen molar-refractivity contribution in [3.63, 3.8) is 0 Å². The Morgan fingerprint density at radius 2 is 1.93 bits per heavy atom. The molecule has 4 rings (SSSR count). The second-order valence-electron chi connectivity index (χ2n) is 9.85. The smallest absolute Gasteiger partial charge is 0.110 e. The van der Waals surface area contributed by atoms with Gasteiger partial charge < -0.3 is 21.1 Å². The molecular formula is C23H36N2O3. The molecule has 3 fully saturated rings. The average molecular weight is 389 g/mol. The lowest BCUT2D eigenvalue weighted by Gasteiger charge is -2.55. The molecule has 1 aromatic heterocycles. The number of pyridine rings is 1. The van der Waals surface area contributed by atoms with Crippen LogP contribution in [-0.4, -0.2) is 39.6 Å². The molecule has 5 heteroatoms. The lowest BCUT2D eigenvalue weighted by molar-refractivity contribution is -0.104. The summed E-state index contributed by atoms with van der Waals surface area (Å²) in [7, 11) is 0. The third-order valence-electron chi connectivity index (χ3n) is 8.80. The first kappa shape index (κ1) is 20.3. The van der Waals surface area contributed by atoms with Crippen molar-refractivity contribution in [2.75, 3.05) is 13.2 Å². The summed E-state index contributed by atoms with van der Waals surface area (Å²) in [5.41, 5.74) is 6.32. The summed E-state index contributed by atoms with van der Waals surface area (Å²) in [5.74, 6) is 1.53. The number of aromatic nitrogens is 1. The van der Waals surface area contributed by atoms with E-state index >= 15 is 0 Å². The van der Waals surface area contributed by atoms with Gasteiger partial charge in [-0.25, -0.2) is 0 Å². The molecule has 0 aromatic carbocycles. The van der Waals surface area contributed by atoms with E-state index in [9.17, 15) is 15.3 Å². The lowest BCUT2D eigenvalue weighted by atomic mass is 9.51. The van der Waals surface area contributed by atoms with E-state index in [0.29, 0.717) is 30.7 Å². The van der Waals surface area contributed by atoms with Crippen molar-refractivity contribution >= 4 is 0 Å². The second kappa shape index (κ2) is 7.67. The zero-order valence-electron chi connectivity index (χ0n) is 17.0. The first-order valence-electron chi connectivity index (χ1n) is 11.1. The third-order valence-corrected chi connectivity index (χ3v) is 8.80. The highest BCUT2D eigenvalue weighted by molar-refractivity contribution is 5.19. The van der Waals surface area contributed by atoms with E-state index in [1.54, 1.807) is 6.20 Å². The fourth-order valence-electron chi connectivity index (χ4n) is 7.23. The Morgan fingerprint density at radius 1 is 1.14 bits per heavy atom. The van der Waals surface area contributed by atoms with Crippen LogP contribution >= 0.6 is 0 Å². The first-order chi connectivity index (χ1) is 13.4. The highest BCUT2D eigenvalue weighted by Gasteiger charge is 2.58. The van der Waals surface area contributed by atoms with E-state index in [0.717, 1.165) is 44.2 Å². The zero-order valence-corrected chi connectivity index (χ0v) is 17.0. The second-order valence-corrected chi connectivity index (χ2v) is 9.85. The molecule has 5 nitrogen and oxygen atoms in total. The minimum absolute atomic E-state index is 0.00862. The monoisotopic (exact) mass is 388 g/mol. The van der Waals surface area contributed by atoms with Crippen molar-refractivity contribution in [2.45, 2.75) is 63.6 Å². The van der Waals surface area contributed by atoms with E-state index in [2.05, 4.69) is 11.9 Å². The van der Waals surface area contributed by atoms with Gasteiger partial charge in [-0.1, -0.05) is 13.0 Å². The van der Waals surface area contributed by atoms with Gasteiger partial charge in [0.25, 0.3) is 0 Å². The molecule has 0 aliphatic heterocycles. The molecule has 156 valence electrons. The standard InChI is InChI=1S/C23H36N2O3/c1-22(9-7-16(27)12-15(22)14-26)19-5-6-20-17(18(19)13-24)8-10-23(20,28)21-4-2-3-11-25-21/h2-4,11,15-20,26-28H,5-10,12-14,24H2,1H3/t15-,16+,17+,18+,19+,20+,22+,23+/m1/s1. The Hall–Kier alpha value is -1.01. The highest BCUT2D eigenvalue weighted by atomic mass is 16.3. The number of rotatable bonds is 4. The number of nitrogens with zero attached hydrogens (tertiary/aromatic N) is 1. The summed E-state index contributed by atoms with van der Waals surface area (Å²) in [6, 6.07) is 5.81. The summed E-state index contributed by atoms with van der Waals surface area (Å²) in [4.78, 5) is 4.49. The fourth-order valence-corrected chi connectivity index (χ4v) is 7.23. The lowest BCUT2D eigenvalue weighted by Crippen LogP contribution is -2.52. The van der Waals surface area contributed by atoms with Crippen LogP contribution in [-0.2, 0) is 5.60 Å². The molecule has 0 spiro atoms. The van der Waals surface area contributed by atoms with Crippen LogP contribution in [0.1, 0.15) is 57.6 Å². The van der Waals surface area contributed by atoms with Gasteiger partial charge in [0.2, 0.25) is 0 Å². The van der Waals surface area contributed by atoms with Crippen molar-refractivity contribution in [1.82, 2.24) is 4.98 Å². The molecular weight excluding hydrogens is 352 g/mol. The summed E-state index contributed by atoms with van der Waals surface area (Å²) in [6.45, 7) is 3.07. The van der Waals surface area contributed by atoms with Gasteiger partial charge in [0.15, 0.2) is 0 Å². The average Bonchev–Trinajstić information content (AvgIpc) is 3.08. The molecule has 3 saturated carbocycles. The normalized spacial score (nSPS) is 46.3. The summed E-state index contributed by atoms with van der Waals surface area (Å²) < 4.78 is 0. The van der Waals surface area contributed by atoms with Gasteiger partial charge >= 0.3 is 0 Å². The van der Waals surface area contributed by atoms with E-state index in [1.165, 1.54) is 0 Å². The molecule has 0 unspecified atom stereocenters. The van der Waals surface area contributed by atoms with E-state index in [1.807, 2.05) is 18.2 Å². The van der Waals surface area contributed by atoms with Crippen molar-refractivity contribution in [3.05, 3.63) is 30.1 Å². The summed E-state index contributed by atoms with van der Waals surface area (Å²) in [6.07, 6.45) is 7.67. The van der Waals surface area contributed by atoms with E-state index in [4.69, 9.17) is 5.73 Å². The van der Waals surface area contributed by atoms with Gasteiger partial charge in [-0.15, -0.1) is 0 Å². The number of hydrogen-bond acceptors (Lipinski definition) is 5. The van der Waals surface area contributed by atoms with Crippen LogP contribution in [0.25, 0.3) is 0 Å². The molecule has 0 radical (unpaired) electrons. The first-order valence-corrected chi connectivity index (χ1v) is 11.1. The van der Waals surface area contributed by atoms with Crippen LogP contribution < -0.4 is 5.73 Å². The molecule has 0 amide bonds. The number of aliphatic hydroxyl groups is 3. The topological polar surface area (TPSA) is 99.6 Å². The van der Waals surface area contributed by atoms with Gasteiger partial charge in [0, 0.05) is 12.8 Å². The van der Waals surface area contributed by atoms with Crippen LogP contribution in [0.15, 0.2) is 24.4 Å². The Balaban J connectivity index is 1.61. The van der Waals surface area contributed by atoms with Crippen LogP contribution in [0, 0.1) is 35.0 Å². The van der Waals surface area contributed by atoms with Crippen LogP contribution in [0.3, 0.4) is 0 Å². The largest absolute Gasteiger partial charge is 0.396 e. The highest BCUT2D eigenvalue weighted by Crippen LogP contribution is 2.61. The van der Waals surface area contributed by atoms with Gasteiger partial charge in [-0.3, -0.25) is 4.98 Å². The van der Waals surface area contributed by atoms with Crippen molar-refractivity contribution < 1.29 is 15.3 Å². The molecule has 0 bridgehead atoms. The predicted octanol–water partition coefficient (Wildman–Crippen LogP) is 2.44. The summed E-state index contributed by atoms with van der Waals surface area (Å²) in [5, 5.41) is 31.8. The maximum Gasteiger partial charge on any atom is 0.110 e. The van der Waals surface area contributed by atoms with Gasteiger partial charge in [0.05, 0.1) is 11.8 Å². The summed E-state index contributed by atoms with van der Waals surface area (Å²) >= 11 is 0. The Morgan fingerprint density at radius 3 is 2.61 bits per heavy atom. The van der Waals surface area contributed by atoms with Gasteiger partial charge in [0.1, 0.15) is 5.60 Å². The van der Waals surface area contributed by atoms with Crippen molar-refractivity contribution in [3.8, 4) is 0 Å². The predicted molar refractivity (Wildman–Crippen MR) is 108 cm³/mol. The molecule has 28 heavy (non-hydrogen) atoms. The molecule has 1 aromatic rings. The van der Waals surface area contributed by atoms with Crippen molar-refractivity contribution in [1.29, 1.82) is 0 Å². The van der Waals surface area contributed by atoms with Crippen LogP contribution in [0.5, 0.6) is 0 Å². The molecule has 5 N–H and O–H groups in total. The quantitative estimate of drug-likeness (QED) is 0.635. The zero-order chi connectivity index (χ0) is 19.9. The molecule has 8 atom stereocenters. The number of nitrogens with two attached hydrogens (primary N) is 1. The van der Waals surface area contributed by atoms with Gasteiger partial charge in [-0.2, -0.15) is 0 Å². The number of fused-ring (bicyclic) bond motifs is 1. The minimum atomic E-state index is -0.843. The Labute approximate surface area is 168 Å².